The maximum Gasteiger partial charge on any atom is 0.193 e. The van der Waals surface area contributed by atoms with Gasteiger partial charge in [0.15, 0.2) is 8.32 Å². The van der Waals surface area contributed by atoms with Crippen molar-refractivity contribution in [3.63, 3.8) is 0 Å². The second kappa shape index (κ2) is 19.7. The molecule has 9 heteroatoms. The summed E-state index contributed by atoms with van der Waals surface area (Å²) in [5.74, 6) is 1.96. The van der Waals surface area contributed by atoms with Gasteiger partial charge in [0, 0.05) is 19.3 Å². The summed E-state index contributed by atoms with van der Waals surface area (Å²) in [4.78, 5) is 14.2. The summed E-state index contributed by atoms with van der Waals surface area (Å²) >= 11 is 0. The van der Waals surface area contributed by atoms with E-state index < -0.39 is 14.4 Å². The highest BCUT2D eigenvalue weighted by Gasteiger charge is 2.50. The Balaban J connectivity index is 1.25. The van der Waals surface area contributed by atoms with Gasteiger partial charge in [-0.3, -0.25) is 4.79 Å². The lowest BCUT2D eigenvalue weighted by atomic mass is 9.76. The first-order chi connectivity index (χ1) is 27.7. The summed E-state index contributed by atoms with van der Waals surface area (Å²) in [5, 5.41) is 11.4. The van der Waals surface area contributed by atoms with E-state index in [2.05, 4.69) is 94.6 Å². The predicted molar refractivity (Wildman–Crippen MR) is 239 cm³/mol. The molecule has 5 saturated heterocycles. The van der Waals surface area contributed by atoms with Crippen molar-refractivity contribution in [1.29, 1.82) is 0 Å². The van der Waals surface area contributed by atoms with E-state index in [-0.39, 0.29) is 102 Å². The highest BCUT2D eigenvalue weighted by molar-refractivity contribution is 6.74. The average Bonchev–Trinajstić information content (AvgIpc) is 3.67. The van der Waals surface area contributed by atoms with Gasteiger partial charge in [-0.15, -0.1) is 0 Å². The van der Waals surface area contributed by atoms with Gasteiger partial charge in [-0.1, -0.05) is 94.0 Å². The molecule has 0 aliphatic carbocycles. The smallest absolute Gasteiger partial charge is 0.193 e. The Bertz CT molecular complexity index is 1470. The van der Waals surface area contributed by atoms with Crippen LogP contribution in [-0.4, -0.2) is 92.5 Å². The van der Waals surface area contributed by atoms with E-state index >= 15 is 0 Å². The third kappa shape index (κ3) is 11.3. The van der Waals surface area contributed by atoms with Crippen LogP contribution in [0.4, 0.5) is 0 Å². The summed E-state index contributed by atoms with van der Waals surface area (Å²) < 4.78 is 41.5. The van der Waals surface area contributed by atoms with Crippen LogP contribution >= 0.6 is 0 Å². The first-order valence-electron chi connectivity index (χ1n) is 23.9. The fourth-order valence-corrected chi connectivity index (χ4v) is 12.1. The molecule has 0 radical (unpaired) electrons. The molecule has 18 atom stereocenters. The molecule has 0 saturated carbocycles. The Morgan fingerprint density at radius 1 is 0.780 bits per heavy atom. The van der Waals surface area contributed by atoms with Gasteiger partial charge in [0.25, 0.3) is 0 Å². The molecule has 0 spiro atoms. The number of ether oxygens (including phenoxy) is 5. The monoisotopic (exact) mass is 841 g/mol. The minimum absolute atomic E-state index is 0.00174. The molecule has 0 amide bonds. The quantitative estimate of drug-likeness (QED) is 0.216. The highest BCUT2D eigenvalue weighted by atomic mass is 28.4. The zero-order chi connectivity index (χ0) is 43.0. The van der Waals surface area contributed by atoms with Gasteiger partial charge < -0.3 is 33.2 Å². The Morgan fingerprint density at radius 3 is 2.15 bits per heavy atom. The van der Waals surface area contributed by atoms with Crippen LogP contribution in [0.3, 0.4) is 0 Å². The first kappa shape index (κ1) is 47.3. The lowest BCUT2D eigenvalue weighted by Crippen LogP contribution is -2.58. The van der Waals surface area contributed by atoms with Crippen molar-refractivity contribution in [2.45, 2.75) is 237 Å². The van der Waals surface area contributed by atoms with Crippen molar-refractivity contribution in [1.82, 2.24) is 0 Å². The van der Waals surface area contributed by atoms with Gasteiger partial charge in [0.05, 0.1) is 73.2 Å². The van der Waals surface area contributed by atoms with Crippen molar-refractivity contribution in [2.75, 3.05) is 0 Å². The number of hydrogen-bond acceptors (Lipinski definition) is 8. The van der Waals surface area contributed by atoms with E-state index in [4.69, 9.17) is 28.1 Å². The average molecular weight is 841 g/mol. The number of aliphatic hydroxyl groups is 1. The number of aliphatic hydroxyl groups excluding tert-OH is 1. The lowest BCUT2D eigenvalue weighted by molar-refractivity contribution is -0.237. The lowest BCUT2D eigenvalue weighted by Gasteiger charge is -2.51. The molecular weight excluding hydrogens is 757 g/mol. The Hall–Kier alpha value is -1.17. The molecule has 8 nitrogen and oxygen atoms in total. The van der Waals surface area contributed by atoms with Crippen molar-refractivity contribution in [3.8, 4) is 0 Å². The molecular formula is C50H84O8Si. The minimum Gasteiger partial charge on any atom is -0.408 e. The molecule has 8 rings (SSSR count). The van der Waals surface area contributed by atoms with Gasteiger partial charge in [0.1, 0.15) is 5.78 Å². The molecule has 8 aliphatic heterocycles. The zero-order valence-corrected chi connectivity index (χ0v) is 40.0. The van der Waals surface area contributed by atoms with E-state index in [1.54, 1.807) is 0 Å². The molecule has 59 heavy (non-hydrogen) atoms. The van der Waals surface area contributed by atoms with Crippen molar-refractivity contribution >= 4 is 14.1 Å². The summed E-state index contributed by atoms with van der Waals surface area (Å²) in [6.07, 6.45) is 13.2. The predicted octanol–water partition coefficient (Wildman–Crippen LogP) is 10.7. The first-order valence-corrected chi connectivity index (χ1v) is 26.8. The molecule has 0 aromatic carbocycles. The van der Waals surface area contributed by atoms with Gasteiger partial charge in [-0.05, 0) is 123 Å². The number of hydrogen-bond donors (Lipinski definition) is 1. The Morgan fingerprint density at radius 2 is 1.44 bits per heavy atom. The minimum atomic E-state index is -2.20. The largest absolute Gasteiger partial charge is 0.408 e. The van der Waals surface area contributed by atoms with Crippen LogP contribution in [-0.2, 0) is 32.9 Å². The number of carbonyl (C=O) groups excluding carboxylic acids is 1. The summed E-state index contributed by atoms with van der Waals surface area (Å²) in [5.41, 5.74) is 2.30. The van der Waals surface area contributed by atoms with E-state index in [9.17, 15) is 9.90 Å². The SMILES string of the molecule is C=C1C[C@@H]2CCC(O)/C=C/[C@H](O[Si](C)(C)C(C)(C)C)[C@@H]3O[C@H]4CCC(CC(=O)C[C@@H]5[C@@H](C)[C@@H](C[C@H](C)CC)O[C@H]5CC5O[C@@H](CCC1O2)C[C@@H](C)C5=C)O[C@@H]4[C@H](C)[C@@H]3C. The van der Waals surface area contributed by atoms with Crippen LogP contribution in [0.15, 0.2) is 36.5 Å². The summed E-state index contributed by atoms with van der Waals surface area (Å²) in [6.45, 7) is 34.1. The fourth-order valence-electron chi connectivity index (χ4n) is 10.8. The van der Waals surface area contributed by atoms with Crippen LogP contribution in [0.2, 0.25) is 18.1 Å². The van der Waals surface area contributed by atoms with Crippen molar-refractivity contribution < 1.29 is 38.0 Å². The highest BCUT2D eigenvalue weighted by Crippen LogP contribution is 2.46. The van der Waals surface area contributed by atoms with Gasteiger partial charge in [0.2, 0.25) is 0 Å². The summed E-state index contributed by atoms with van der Waals surface area (Å²) in [7, 11) is -2.20. The van der Waals surface area contributed by atoms with Gasteiger partial charge in [-0.2, -0.15) is 0 Å². The molecule has 4 unspecified atom stereocenters. The van der Waals surface area contributed by atoms with Crippen LogP contribution < -0.4 is 0 Å². The standard InChI is InChI=1S/C50H84O8Si/c1-14-29(2)23-45-35(8)41-27-37(52)26-40-19-22-43-48(55-40)33(6)34(7)49(57-43)44(58-59(12,13)50(9,10)11)20-16-36(51)15-17-38-25-31(4)42(53-38)21-18-39-24-30(3)32(5)46(54-39)28-47(41)56-45/h16,20,29-30,33-36,38-49,51H,4-5,14-15,17-19,21-28H2,1-3,6-13H3/b20-16+/t29-,30-,33-,34+,35-,36?,38+,39+,40?,41-,42?,43+,44+,45-,46?,47+,48-,49-/m1/s1. The van der Waals surface area contributed by atoms with Gasteiger partial charge in [-0.25, -0.2) is 0 Å². The molecule has 8 heterocycles. The second-order valence-electron chi connectivity index (χ2n) is 21.8. The third-order valence-corrected chi connectivity index (χ3v) is 20.9. The third-order valence-electron chi connectivity index (χ3n) is 16.4. The molecule has 1 N–H and O–H groups in total. The normalized spacial score (nSPS) is 44.4. The Kier molecular flexibility index (Phi) is 15.8. The maximum absolute atomic E-state index is 14.2. The molecule has 0 aromatic heterocycles. The van der Waals surface area contributed by atoms with Crippen LogP contribution in [0.25, 0.3) is 0 Å². The van der Waals surface area contributed by atoms with Crippen LogP contribution in [0.1, 0.15) is 146 Å². The van der Waals surface area contributed by atoms with Gasteiger partial charge >= 0.3 is 0 Å². The van der Waals surface area contributed by atoms with Crippen LogP contribution in [0, 0.1) is 35.5 Å². The van der Waals surface area contributed by atoms with Crippen molar-refractivity contribution in [3.05, 3.63) is 36.5 Å². The van der Waals surface area contributed by atoms with E-state index in [1.807, 2.05) is 6.08 Å². The molecule has 5 fully saturated rings. The number of carbonyl (C=O) groups is 1. The molecule has 336 valence electrons. The number of ketones is 1. The maximum atomic E-state index is 14.2. The van der Waals surface area contributed by atoms with Crippen LogP contribution in [0.5, 0.6) is 0 Å². The Labute approximate surface area is 360 Å². The zero-order valence-electron chi connectivity index (χ0n) is 39.0. The van der Waals surface area contributed by atoms with E-state index in [0.29, 0.717) is 31.1 Å². The molecule has 0 aromatic rings. The topological polar surface area (TPSA) is 92.7 Å². The molecule has 8 aliphatic rings. The van der Waals surface area contributed by atoms with Crippen molar-refractivity contribution in [2.24, 2.45) is 35.5 Å². The summed E-state index contributed by atoms with van der Waals surface area (Å²) in [6, 6.07) is 0. The van der Waals surface area contributed by atoms with E-state index in [0.717, 1.165) is 75.4 Å². The van der Waals surface area contributed by atoms with E-state index in [1.165, 1.54) is 0 Å². The molecule has 8 bridgehead atoms. The second-order valence-corrected chi connectivity index (χ2v) is 26.6. The number of fused-ring (bicyclic) bond motifs is 2. The number of rotatable bonds is 5. The number of Topliss-reactive ketones (excluding diaryl/α,β-unsaturated/α-hetero) is 1. The fraction of sp³-hybridized carbons (Fsp3) is 0.860.